The van der Waals surface area contributed by atoms with Crippen molar-refractivity contribution in [1.29, 1.82) is 0 Å². The first-order valence-electron chi connectivity index (χ1n) is 10.3. The van der Waals surface area contributed by atoms with Crippen molar-refractivity contribution in [3.8, 4) is 22.8 Å². The lowest BCUT2D eigenvalue weighted by molar-refractivity contribution is -0.118. The van der Waals surface area contributed by atoms with Gasteiger partial charge in [0.1, 0.15) is 11.3 Å². The molecule has 0 spiro atoms. The summed E-state index contributed by atoms with van der Waals surface area (Å²) in [4.78, 5) is 26.0. The summed E-state index contributed by atoms with van der Waals surface area (Å²) in [6.07, 6.45) is 0. The molecule has 0 aliphatic rings. The molecule has 6 nitrogen and oxygen atoms in total. The summed E-state index contributed by atoms with van der Waals surface area (Å²) in [5.74, 6) is 0.161. The minimum Gasteiger partial charge on any atom is -0.495 e. The Morgan fingerprint density at radius 1 is 1.06 bits per heavy atom. The van der Waals surface area contributed by atoms with E-state index in [9.17, 15) is 9.59 Å². The van der Waals surface area contributed by atoms with Gasteiger partial charge < -0.3 is 19.2 Å². The molecule has 0 atom stereocenters. The van der Waals surface area contributed by atoms with E-state index in [0.29, 0.717) is 33.0 Å². The molecule has 1 amide bonds. The molecular formula is C26H22ClNO5. The first kappa shape index (κ1) is 22.4. The van der Waals surface area contributed by atoms with E-state index in [1.54, 1.807) is 54.6 Å². The molecule has 0 fully saturated rings. The van der Waals surface area contributed by atoms with Gasteiger partial charge in [0.25, 0.3) is 5.91 Å². The summed E-state index contributed by atoms with van der Waals surface area (Å²) in [6, 6.07) is 17.7. The van der Waals surface area contributed by atoms with Gasteiger partial charge in [-0.25, -0.2) is 0 Å². The second-order valence-corrected chi connectivity index (χ2v) is 7.97. The van der Waals surface area contributed by atoms with Crippen LogP contribution in [0.25, 0.3) is 22.3 Å². The Kier molecular flexibility index (Phi) is 6.38. The molecule has 1 heterocycles. The molecular weight excluding hydrogens is 442 g/mol. The Balaban J connectivity index is 1.75. The number of rotatable bonds is 6. The topological polar surface area (TPSA) is 77.8 Å². The first-order valence-corrected chi connectivity index (χ1v) is 10.7. The Hall–Kier alpha value is -3.77. The van der Waals surface area contributed by atoms with Crippen LogP contribution in [0.2, 0.25) is 5.02 Å². The average Bonchev–Trinajstić information content (AvgIpc) is 2.79. The van der Waals surface area contributed by atoms with E-state index in [-0.39, 0.29) is 16.9 Å². The largest absolute Gasteiger partial charge is 0.495 e. The fraction of sp³-hybridized carbons (Fsp3) is 0.154. The van der Waals surface area contributed by atoms with Crippen LogP contribution in [-0.2, 0) is 4.79 Å². The van der Waals surface area contributed by atoms with E-state index in [2.05, 4.69) is 5.32 Å². The zero-order valence-corrected chi connectivity index (χ0v) is 19.2. The highest BCUT2D eigenvalue weighted by molar-refractivity contribution is 6.33. The Labute approximate surface area is 195 Å². The van der Waals surface area contributed by atoms with Crippen molar-refractivity contribution in [2.24, 2.45) is 0 Å². The van der Waals surface area contributed by atoms with Gasteiger partial charge in [-0.1, -0.05) is 41.9 Å². The summed E-state index contributed by atoms with van der Waals surface area (Å²) < 4.78 is 17.2. The number of para-hydroxylation sites is 2. The quantitative estimate of drug-likeness (QED) is 0.393. The third-order valence-electron chi connectivity index (χ3n) is 5.13. The number of nitrogens with one attached hydrogen (secondary N) is 1. The number of fused-ring (bicyclic) bond motifs is 1. The molecule has 33 heavy (non-hydrogen) atoms. The molecule has 168 valence electrons. The zero-order valence-electron chi connectivity index (χ0n) is 18.4. The fourth-order valence-corrected chi connectivity index (χ4v) is 3.88. The van der Waals surface area contributed by atoms with Crippen LogP contribution in [0.15, 0.2) is 69.9 Å². The lowest BCUT2D eigenvalue weighted by Crippen LogP contribution is -2.23. The van der Waals surface area contributed by atoms with Crippen molar-refractivity contribution >= 4 is 34.2 Å². The molecule has 0 bridgehead atoms. The monoisotopic (exact) mass is 463 g/mol. The van der Waals surface area contributed by atoms with E-state index in [1.807, 2.05) is 19.9 Å². The van der Waals surface area contributed by atoms with Gasteiger partial charge in [-0.3, -0.25) is 9.59 Å². The number of aryl methyl sites for hydroxylation is 2. The van der Waals surface area contributed by atoms with Crippen LogP contribution >= 0.6 is 11.6 Å². The predicted octanol–water partition coefficient (Wildman–Crippen LogP) is 5.76. The average molecular weight is 464 g/mol. The summed E-state index contributed by atoms with van der Waals surface area (Å²) in [5.41, 5.74) is 2.80. The van der Waals surface area contributed by atoms with Crippen LogP contribution in [0.1, 0.15) is 11.1 Å². The summed E-state index contributed by atoms with van der Waals surface area (Å²) in [7, 11) is 1.52. The third kappa shape index (κ3) is 4.56. The van der Waals surface area contributed by atoms with Crippen molar-refractivity contribution in [3.63, 3.8) is 0 Å². The molecule has 0 radical (unpaired) electrons. The van der Waals surface area contributed by atoms with E-state index in [0.717, 1.165) is 11.1 Å². The van der Waals surface area contributed by atoms with Gasteiger partial charge in [0.2, 0.25) is 11.2 Å². The number of halogens is 1. The van der Waals surface area contributed by atoms with Crippen molar-refractivity contribution in [1.82, 2.24) is 0 Å². The van der Waals surface area contributed by atoms with Crippen LogP contribution in [0.3, 0.4) is 0 Å². The molecule has 0 saturated carbocycles. The van der Waals surface area contributed by atoms with E-state index >= 15 is 0 Å². The third-order valence-corrected chi connectivity index (χ3v) is 5.46. The number of amides is 1. The minimum atomic E-state index is -0.454. The molecule has 0 unspecified atom stereocenters. The lowest BCUT2D eigenvalue weighted by atomic mass is 10.1. The second-order valence-electron chi connectivity index (χ2n) is 7.56. The second kappa shape index (κ2) is 9.38. The standard InChI is InChI=1S/C26H22ClNO5/c1-15-12-16(2)24-18(13-15)23(30)26(25(33-24)17-8-4-5-9-19(17)27)32-14-22(29)28-20-10-6-7-11-21(20)31-3/h4-13H,14H2,1-3H3,(H,28,29). The molecule has 1 N–H and O–H groups in total. The molecule has 7 heteroatoms. The number of ether oxygens (including phenoxy) is 2. The summed E-state index contributed by atoms with van der Waals surface area (Å²) in [6.45, 7) is 3.36. The normalized spacial score (nSPS) is 10.8. The van der Waals surface area contributed by atoms with E-state index in [1.165, 1.54) is 7.11 Å². The van der Waals surface area contributed by atoms with E-state index in [4.69, 9.17) is 25.5 Å². The summed E-state index contributed by atoms with van der Waals surface area (Å²) in [5, 5.41) is 3.50. The smallest absolute Gasteiger partial charge is 0.262 e. The summed E-state index contributed by atoms with van der Waals surface area (Å²) >= 11 is 6.39. The van der Waals surface area contributed by atoms with Crippen LogP contribution < -0.4 is 20.2 Å². The maximum absolute atomic E-state index is 13.4. The van der Waals surface area contributed by atoms with Gasteiger partial charge in [0, 0.05) is 5.56 Å². The van der Waals surface area contributed by atoms with Gasteiger partial charge in [-0.2, -0.15) is 0 Å². The van der Waals surface area contributed by atoms with Crippen molar-refractivity contribution in [3.05, 3.63) is 87.0 Å². The molecule has 0 aliphatic carbocycles. The molecule has 3 aromatic carbocycles. The van der Waals surface area contributed by atoms with Crippen LogP contribution in [0.5, 0.6) is 11.5 Å². The Morgan fingerprint density at radius 3 is 2.55 bits per heavy atom. The van der Waals surface area contributed by atoms with Crippen LogP contribution in [0.4, 0.5) is 5.69 Å². The minimum absolute atomic E-state index is 0.0734. The van der Waals surface area contributed by atoms with Crippen molar-refractivity contribution < 1.29 is 18.7 Å². The maximum atomic E-state index is 13.4. The highest BCUT2D eigenvalue weighted by Gasteiger charge is 2.21. The highest BCUT2D eigenvalue weighted by atomic mass is 35.5. The van der Waals surface area contributed by atoms with Crippen molar-refractivity contribution in [2.45, 2.75) is 13.8 Å². The maximum Gasteiger partial charge on any atom is 0.262 e. The number of hydrogen-bond donors (Lipinski definition) is 1. The Bertz CT molecular complexity index is 1410. The number of benzene rings is 3. The van der Waals surface area contributed by atoms with Gasteiger partial charge in [0.05, 0.1) is 23.2 Å². The van der Waals surface area contributed by atoms with Gasteiger partial charge in [-0.15, -0.1) is 0 Å². The lowest BCUT2D eigenvalue weighted by Gasteiger charge is -2.14. The van der Waals surface area contributed by atoms with Gasteiger partial charge in [-0.05, 0) is 55.3 Å². The van der Waals surface area contributed by atoms with Gasteiger partial charge >= 0.3 is 0 Å². The fourth-order valence-electron chi connectivity index (χ4n) is 3.66. The Morgan fingerprint density at radius 2 is 1.79 bits per heavy atom. The number of anilines is 1. The number of hydrogen-bond acceptors (Lipinski definition) is 5. The number of carbonyl (C=O) groups is 1. The van der Waals surface area contributed by atoms with Crippen molar-refractivity contribution in [2.75, 3.05) is 19.0 Å². The number of carbonyl (C=O) groups excluding carboxylic acids is 1. The van der Waals surface area contributed by atoms with Crippen LogP contribution in [-0.4, -0.2) is 19.6 Å². The number of methoxy groups -OCH3 is 1. The highest BCUT2D eigenvalue weighted by Crippen LogP contribution is 2.36. The zero-order chi connectivity index (χ0) is 23.5. The SMILES string of the molecule is COc1ccccc1NC(=O)COc1c(-c2ccccc2Cl)oc2c(C)cc(C)cc2c1=O. The van der Waals surface area contributed by atoms with E-state index < -0.39 is 12.5 Å². The molecule has 0 aliphatic heterocycles. The molecule has 4 aromatic rings. The molecule has 0 saturated heterocycles. The predicted molar refractivity (Wildman–Crippen MR) is 130 cm³/mol. The first-order chi connectivity index (χ1) is 15.9. The molecule has 1 aromatic heterocycles. The molecule has 4 rings (SSSR count). The van der Waals surface area contributed by atoms with Crippen LogP contribution in [0, 0.1) is 13.8 Å². The van der Waals surface area contributed by atoms with Gasteiger partial charge in [0.15, 0.2) is 12.4 Å².